The second-order valence-electron chi connectivity index (χ2n) is 21.4. The summed E-state index contributed by atoms with van der Waals surface area (Å²) in [5.41, 5.74) is 3.84. The fraction of sp³-hybridized carbons (Fsp3) is 0.119. The van der Waals surface area contributed by atoms with Crippen LogP contribution in [0.3, 0.4) is 0 Å². The van der Waals surface area contributed by atoms with E-state index in [1.54, 1.807) is 99.5 Å². The zero-order chi connectivity index (χ0) is 66.2. The van der Waals surface area contributed by atoms with Crippen molar-refractivity contribution < 1.29 is 14.3 Å². The van der Waals surface area contributed by atoms with Crippen LogP contribution in [0.25, 0.3) is 107 Å². The molecule has 0 unspecified atom stereocenters. The van der Waals surface area contributed by atoms with E-state index < -0.39 is 5.76 Å². The van der Waals surface area contributed by atoms with E-state index >= 15 is 0 Å². The molecule has 0 aromatic carbocycles. The van der Waals surface area contributed by atoms with Crippen LogP contribution in [0, 0.1) is 157 Å². The number of nitrogens with zero attached hydrogens (tertiary/aromatic N) is 19. The molecule has 0 saturated carbocycles. The van der Waals surface area contributed by atoms with Gasteiger partial charge in [0.25, 0.3) is 0 Å². The molecule has 11 aromatic rings. The lowest BCUT2D eigenvalue weighted by molar-refractivity contribution is 0.285. The molecule has 440 valence electrons. The Labute approximate surface area is 526 Å². The Bertz CT molecular complexity index is 5780. The molecule has 1 aliphatic heterocycles. The summed E-state index contributed by atoms with van der Waals surface area (Å²) in [6.07, 6.45) is 10.5. The summed E-state index contributed by atoms with van der Waals surface area (Å²) in [6.45, 7) is 4.86. The Morgan fingerprint density at radius 3 is 1.85 bits per heavy atom. The number of aliphatic hydroxyl groups is 1. The van der Waals surface area contributed by atoms with E-state index in [0.29, 0.717) is 39.1 Å². The highest BCUT2D eigenvalue weighted by atomic mass is 16.5. The summed E-state index contributed by atoms with van der Waals surface area (Å²) < 4.78 is 20.7. The lowest BCUT2D eigenvalue weighted by Gasteiger charge is -2.18. The van der Waals surface area contributed by atoms with E-state index in [0.717, 1.165) is 0 Å². The van der Waals surface area contributed by atoms with Gasteiger partial charge < -0.3 is 57.0 Å². The van der Waals surface area contributed by atoms with E-state index in [4.69, 9.17) is 9.15 Å². The van der Waals surface area contributed by atoms with Crippen LogP contribution in [0.15, 0.2) is 83.3 Å². The second kappa shape index (κ2) is 22.0. The van der Waals surface area contributed by atoms with Crippen LogP contribution in [0.4, 0.5) is 0 Å². The molecule has 0 radical (unpaired) electrons. The molecule has 1 aliphatic rings. The zero-order valence-corrected chi connectivity index (χ0v) is 49.8. The molecule has 11 aromatic heterocycles. The largest absolute Gasteiger partial charge is 0.503 e. The molecule has 0 saturated heterocycles. The highest BCUT2D eigenvalue weighted by Crippen LogP contribution is 2.53. The predicted molar refractivity (Wildman–Crippen MR) is 327 cm³/mol. The van der Waals surface area contributed by atoms with Gasteiger partial charge in [-0.2, -0.15) is 68.1 Å². The number of ether oxygens (including phenoxy) is 1. The van der Waals surface area contributed by atoms with Crippen LogP contribution in [0.1, 0.15) is 84.6 Å². The maximum Gasteiger partial charge on any atom is 0.301 e. The smallest absolute Gasteiger partial charge is 0.301 e. The standard InChI is InChI=1S/C67H39N23O3/c1-32-8-10-80-66(32)90-50(25-78)55(44(21-74)63(90)59-56(65-64(91)35(15-68)9-11-92-65)45(22-75)67(84-59)89-27-33(2)36(16-69)29-89)62-43(14-40(20-73)88(62)7)61-53(37(17-70)28-86(61)5)58-52(34(3)47(23-76)83-58)54-46(30-85(4)49(54)24-77)41-12-38(18-71)81-57(41)42-13-39(19-72)87(6)60(42)48-31-93-51(26-79)82-48/h8-10,12-14,27-31,80-81,83-84,91H,11H2,1-7H3. The lowest BCUT2D eigenvalue weighted by atomic mass is 9.89. The van der Waals surface area contributed by atoms with E-state index in [-0.39, 0.29) is 165 Å². The summed E-state index contributed by atoms with van der Waals surface area (Å²) in [5.74, 6) is -0.926. The monoisotopic (exact) mass is 1210 g/mol. The van der Waals surface area contributed by atoms with Gasteiger partial charge in [-0.15, -0.1) is 0 Å². The number of aromatic amines is 4. The van der Waals surface area contributed by atoms with Crippen molar-refractivity contribution in [1.29, 1.82) is 63.1 Å². The van der Waals surface area contributed by atoms with Crippen LogP contribution in [-0.2, 0) is 32.9 Å². The van der Waals surface area contributed by atoms with Crippen molar-refractivity contribution in [2.75, 3.05) is 6.61 Å². The van der Waals surface area contributed by atoms with Crippen molar-refractivity contribution in [3.63, 3.8) is 0 Å². The van der Waals surface area contributed by atoms with Gasteiger partial charge in [-0.25, -0.2) is 0 Å². The second-order valence-corrected chi connectivity index (χ2v) is 21.4. The van der Waals surface area contributed by atoms with Gasteiger partial charge in [0.2, 0.25) is 0 Å². The minimum Gasteiger partial charge on any atom is -0.503 e. The molecule has 0 aliphatic carbocycles. The number of aliphatic hydroxyl groups excluding tert-OH is 1. The SMILES string of the molecule is Cc1cn(-c2[nH]c(-c3c(C#N)c(-c4c(-c5c(-c6[nH]c(C#N)c(C)c6-c6c(-c7cc(C#N)[nH]c7-c7cc(C#N)n(C)c7-c7coc(C#N)n7)cn(C)c6C#N)c(C#N)cn5C)cc(C#N)n4C)c(C#N)n3-c3[nH]ccc3C)c(C3=C(O)C(C#N)=CCO3)c2C#N)cc1C#N. The first-order chi connectivity index (χ1) is 44.9. The predicted octanol–water partition coefficient (Wildman–Crippen LogP) is 10.5. The molecule has 5 N–H and O–H groups in total. The van der Waals surface area contributed by atoms with Gasteiger partial charge >= 0.3 is 5.89 Å². The molecule has 0 bridgehead atoms. The van der Waals surface area contributed by atoms with Gasteiger partial charge in [-0.1, -0.05) is 0 Å². The molecule has 0 amide bonds. The summed E-state index contributed by atoms with van der Waals surface area (Å²) in [5, 5.41) is 142. The normalized spacial score (nSPS) is 11.6. The fourth-order valence-corrected chi connectivity index (χ4v) is 12.4. The van der Waals surface area contributed by atoms with Crippen molar-refractivity contribution >= 4 is 5.76 Å². The molecule has 0 atom stereocenters. The Morgan fingerprint density at radius 2 is 1.25 bits per heavy atom. The average molecular weight is 1210 g/mol. The molecule has 0 spiro atoms. The van der Waals surface area contributed by atoms with Crippen molar-refractivity contribution in [2.24, 2.45) is 28.2 Å². The van der Waals surface area contributed by atoms with Gasteiger partial charge in [0.05, 0.1) is 73.2 Å². The maximum atomic E-state index is 11.9. The number of nitriles is 12. The average Bonchev–Trinajstić information content (AvgIpc) is 1.56. The Balaban J connectivity index is 1.17. The third-order valence-electron chi connectivity index (χ3n) is 16.6. The third-order valence-corrected chi connectivity index (χ3v) is 16.6. The highest BCUT2D eigenvalue weighted by Gasteiger charge is 2.39. The molecule has 26 heteroatoms. The van der Waals surface area contributed by atoms with Crippen molar-refractivity contribution in [3.8, 4) is 175 Å². The van der Waals surface area contributed by atoms with Crippen LogP contribution >= 0.6 is 0 Å². The van der Waals surface area contributed by atoms with Gasteiger partial charge in [-0.05, 0) is 67.8 Å². The summed E-state index contributed by atoms with van der Waals surface area (Å²) in [7, 11) is 6.43. The van der Waals surface area contributed by atoms with Crippen LogP contribution in [0.5, 0.6) is 0 Å². The van der Waals surface area contributed by atoms with E-state index in [9.17, 15) is 68.2 Å². The topological polar surface area (TPSA) is 434 Å². The molecular formula is C67H39N23O3. The number of aromatic nitrogens is 11. The van der Waals surface area contributed by atoms with Gasteiger partial charge in [-0.3, -0.25) is 4.57 Å². The number of aryl methyl sites for hydroxylation is 4. The third kappa shape index (κ3) is 8.47. The first kappa shape index (κ1) is 58.4. The summed E-state index contributed by atoms with van der Waals surface area (Å²) in [6, 6.07) is 32.6. The zero-order valence-electron chi connectivity index (χ0n) is 49.8. The van der Waals surface area contributed by atoms with Gasteiger partial charge in [0.1, 0.15) is 137 Å². The molecule has 93 heavy (non-hydrogen) atoms. The quantitative estimate of drug-likeness (QED) is 0.0803. The first-order valence-corrected chi connectivity index (χ1v) is 27.6. The molecule has 0 fully saturated rings. The Hall–Kier alpha value is -15.0. The summed E-state index contributed by atoms with van der Waals surface area (Å²) >= 11 is 0. The Morgan fingerprint density at radius 1 is 0.538 bits per heavy atom. The van der Waals surface area contributed by atoms with E-state index in [1.807, 2.05) is 12.1 Å². The number of nitrogens with one attached hydrogen (secondary N) is 4. The van der Waals surface area contributed by atoms with Crippen molar-refractivity contribution in [1.82, 2.24) is 52.3 Å². The lowest BCUT2D eigenvalue weighted by Crippen LogP contribution is -2.09. The van der Waals surface area contributed by atoms with Crippen LogP contribution < -0.4 is 0 Å². The minimum absolute atomic E-state index is 0.00325. The van der Waals surface area contributed by atoms with Gasteiger partial charge in [0.15, 0.2) is 17.6 Å². The van der Waals surface area contributed by atoms with E-state index in [2.05, 4.69) is 85.6 Å². The highest BCUT2D eigenvalue weighted by molar-refractivity contribution is 6.05. The number of hydrogen-bond donors (Lipinski definition) is 5. The van der Waals surface area contributed by atoms with Crippen molar-refractivity contribution in [2.45, 2.75) is 20.8 Å². The molecular weight excluding hydrogens is 1170 g/mol. The number of hydrogen-bond acceptors (Lipinski definition) is 16. The van der Waals surface area contributed by atoms with Crippen LogP contribution in [0.2, 0.25) is 0 Å². The molecule has 12 rings (SSSR count). The van der Waals surface area contributed by atoms with Crippen LogP contribution in [-0.4, -0.2) is 64.0 Å². The fourth-order valence-electron chi connectivity index (χ4n) is 12.4. The van der Waals surface area contributed by atoms with E-state index in [1.165, 1.54) is 44.5 Å². The van der Waals surface area contributed by atoms with Crippen molar-refractivity contribution in [3.05, 3.63) is 163 Å². The van der Waals surface area contributed by atoms with Gasteiger partial charge in [0, 0.05) is 98.1 Å². The molecule has 26 nitrogen and oxygen atoms in total. The number of rotatable bonds is 11. The number of H-pyrrole nitrogens is 4. The number of oxazole rings is 1. The first-order valence-electron chi connectivity index (χ1n) is 27.6. The summed E-state index contributed by atoms with van der Waals surface area (Å²) in [4.78, 5) is 17.3. The number of allylic oxidation sites excluding steroid dienone is 1. The maximum absolute atomic E-state index is 11.9. The minimum atomic E-state index is -0.642. The molecule has 12 heterocycles. The Kier molecular flexibility index (Phi) is 13.8.